The van der Waals surface area contributed by atoms with Gasteiger partial charge in [0, 0.05) is 32.9 Å². The van der Waals surface area contributed by atoms with Gasteiger partial charge < -0.3 is 5.32 Å². The zero-order chi connectivity index (χ0) is 21.5. The Morgan fingerprint density at radius 3 is 2.20 bits per heavy atom. The van der Waals surface area contributed by atoms with Gasteiger partial charge in [-0.2, -0.15) is 0 Å². The van der Waals surface area contributed by atoms with E-state index in [1.54, 1.807) is 48.5 Å². The smallest absolute Gasteiger partial charge is 0.264 e. The maximum absolute atomic E-state index is 13.0. The number of carbonyl (C=O) groups is 1. The minimum absolute atomic E-state index is 0.166. The van der Waals surface area contributed by atoms with Crippen LogP contribution in [0, 0.1) is 0 Å². The molecular formula is C21H15Cl3N2O3S. The van der Waals surface area contributed by atoms with Crippen molar-refractivity contribution in [2.45, 2.75) is 11.3 Å². The summed E-state index contributed by atoms with van der Waals surface area (Å²) in [5.74, 6) is -0.338. The van der Waals surface area contributed by atoms with Crippen LogP contribution in [0.25, 0.3) is 0 Å². The summed E-state index contributed by atoms with van der Waals surface area (Å²) >= 11 is 17.8. The van der Waals surface area contributed by atoms with Crippen molar-refractivity contribution in [3.63, 3.8) is 0 Å². The summed E-state index contributed by atoms with van der Waals surface area (Å²) < 4.78 is 27.4. The molecule has 5 nitrogen and oxygen atoms in total. The molecule has 0 bridgehead atoms. The Morgan fingerprint density at radius 1 is 0.867 bits per heavy atom. The number of nitrogens with zero attached hydrogens (tertiary/aromatic N) is 1. The fourth-order valence-electron chi connectivity index (χ4n) is 3.33. The molecule has 3 aromatic carbocycles. The number of nitrogens with one attached hydrogen (secondary N) is 1. The topological polar surface area (TPSA) is 66.5 Å². The van der Waals surface area contributed by atoms with E-state index in [-0.39, 0.29) is 10.8 Å². The van der Waals surface area contributed by atoms with Gasteiger partial charge in [0.05, 0.1) is 10.6 Å². The van der Waals surface area contributed by atoms with Gasteiger partial charge in [0.2, 0.25) is 0 Å². The summed E-state index contributed by atoms with van der Waals surface area (Å²) in [6.45, 7) is 0.301. The third-order valence-corrected chi connectivity index (χ3v) is 7.23. The lowest BCUT2D eigenvalue weighted by Gasteiger charge is -2.19. The Bertz CT molecular complexity index is 1220. The van der Waals surface area contributed by atoms with Crippen molar-refractivity contribution in [2.24, 2.45) is 0 Å². The van der Waals surface area contributed by atoms with Gasteiger partial charge in [-0.05, 0) is 72.6 Å². The number of sulfonamides is 1. The minimum Gasteiger partial charge on any atom is -0.322 e. The van der Waals surface area contributed by atoms with Gasteiger partial charge in [-0.3, -0.25) is 9.10 Å². The third kappa shape index (κ3) is 4.14. The van der Waals surface area contributed by atoms with Crippen molar-refractivity contribution < 1.29 is 13.2 Å². The Morgan fingerprint density at radius 2 is 1.53 bits per heavy atom. The lowest BCUT2D eigenvalue weighted by atomic mass is 10.1. The van der Waals surface area contributed by atoms with Crippen LogP contribution in [0.5, 0.6) is 0 Å². The molecule has 0 atom stereocenters. The first-order chi connectivity index (χ1) is 14.2. The molecule has 1 N–H and O–H groups in total. The van der Waals surface area contributed by atoms with Crippen LogP contribution in [-0.4, -0.2) is 20.9 Å². The minimum atomic E-state index is -3.72. The molecule has 1 heterocycles. The van der Waals surface area contributed by atoms with Gasteiger partial charge in [0.1, 0.15) is 0 Å². The molecule has 0 radical (unpaired) electrons. The second-order valence-electron chi connectivity index (χ2n) is 6.74. The fourth-order valence-corrected chi connectivity index (χ4v) is 5.48. The zero-order valence-corrected chi connectivity index (χ0v) is 18.5. The van der Waals surface area contributed by atoms with Crippen LogP contribution in [-0.2, 0) is 16.4 Å². The average molecular weight is 482 g/mol. The van der Waals surface area contributed by atoms with Crippen LogP contribution < -0.4 is 9.62 Å². The number of carbonyl (C=O) groups excluding carboxylic acids is 1. The Kier molecular flexibility index (Phi) is 5.68. The van der Waals surface area contributed by atoms with E-state index in [0.29, 0.717) is 45.0 Å². The highest BCUT2D eigenvalue weighted by atomic mass is 35.5. The summed E-state index contributed by atoms with van der Waals surface area (Å²) in [5, 5.41) is 4.04. The predicted octanol–water partition coefficient (Wildman–Crippen LogP) is 5.65. The van der Waals surface area contributed by atoms with Crippen molar-refractivity contribution in [3.05, 3.63) is 86.9 Å². The Labute approximate surface area is 189 Å². The standard InChI is InChI=1S/C21H15Cl3N2O3S/c22-15-2-4-19(5-3-15)30(28,29)26-8-7-13-9-14(1-6-20(13)26)21(27)25-18-11-16(23)10-17(24)12-18/h1-6,9-12H,7-8H2,(H,25,27). The van der Waals surface area contributed by atoms with Gasteiger partial charge in [0.25, 0.3) is 15.9 Å². The zero-order valence-electron chi connectivity index (χ0n) is 15.4. The number of halogens is 3. The second kappa shape index (κ2) is 8.12. The summed E-state index contributed by atoms with van der Waals surface area (Å²) in [6.07, 6.45) is 0.506. The summed E-state index contributed by atoms with van der Waals surface area (Å²) in [4.78, 5) is 12.8. The molecule has 0 spiro atoms. The van der Waals surface area contributed by atoms with Crippen molar-refractivity contribution in [1.82, 2.24) is 0 Å². The van der Waals surface area contributed by atoms with Crippen molar-refractivity contribution in [3.8, 4) is 0 Å². The van der Waals surface area contributed by atoms with Crippen LogP contribution in [0.3, 0.4) is 0 Å². The van der Waals surface area contributed by atoms with Crippen LogP contribution in [0.15, 0.2) is 65.6 Å². The van der Waals surface area contributed by atoms with Crippen molar-refractivity contribution >= 4 is 62.1 Å². The molecule has 0 saturated heterocycles. The molecule has 1 aliphatic rings. The van der Waals surface area contributed by atoms with E-state index in [9.17, 15) is 13.2 Å². The maximum Gasteiger partial charge on any atom is 0.264 e. The number of rotatable bonds is 4. The number of hydrogen-bond acceptors (Lipinski definition) is 3. The van der Waals surface area contributed by atoms with Crippen LogP contribution in [0.2, 0.25) is 15.1 Å². The second-order valence-corrected chi connectivity index (χ2v) is 9.91. The molecule has 0 saturated carbocycles. The number of anilines is 2. The molecule has 1 amide bonds. The average Bonchev–Trinajstić information content (AvgIpc) is 3.11. The van der Waals surface area contributed by atoms with Crippen molar-refractivity contribution in [2.75, 3.05) is 16.2 Å². The highest BCUT2D eigenvalue weighted by Crippen LogP contribution is 2.34. The highest BCUT2D eigenvalue weighted by molar-refractivity contribution is 7.92. The Balaban J connectivity index is 1.59. The van der Waals surface area contributed by atoms with E-state index >= 15 is 0 Å². The van der Waals surface area contributed by atoms with Crippen LogP contribution in [0.1, 0.15) is 15.9 Å². The fraction of sp³-hybridized carbons (Fsp3) is 0.0952. The number of amides is 1. The maximum atomic E-state index is 13.0. The van der Waals surface area contributed by atoms with E-state index in [1.165, 1.54) is 16.4 Å². The van der Waals surface area contributed by atoms with E-state index in [1.807, 2.05) is 0 Å². The molecule has 4 rings (SSSR count). The van der Waals surface area contributed by atoms with Crippen LogP contribution in [0.4, 0.5) is 11.4 Å². The summed E-state index contributed by atoms with van der Waals surface area (Å²) in [7, 11) is -3.72. The van der Waals surface area contributed by atoms with Gasteiger partial charge >= 0.3 is 0 Å². The normalized spacial score (nSPS) is 13.2. The molecule has 30 heavy (non-hydrogen) atoms. The molecule has 3 aromatic rings. The number of benzene rings is 3. The molecule has 9 heteroatoms. The SMILES string of the molecule is O=C(Nc1cc(Cl)cc(Cl)c1)c1ccc2c(c1)CCN2S(=O)(=O)c1ccc(Cl)cc1. The predicted molar refractivity (Wildman–Crippen MR) is 121 cm³/mol. The van der Waals surface area contributed by atoms with Gasteiger partial charge in [-0.1, -0.05) is 34.8 Å². The van der Waals surface area contributed by atoms with E-state index in [0.717, 1.165) is 5.56 Å². The first-order valence-corrected chi connectivity index (χ1v) is 11.5. The molecule has 0 aromatic heterocycles. The first-order valence-electron chi connectivity index (χ1n) is 8.93. The first kappa shape index (κ1) is 21.0. The number of hydrogen-bond donors (Lipinski definition) is 1. The number of fused-ring (bicyclic) bond motifs is 1. The third-order valence-electron chi connectivity index (χ3n) is 4.72. The lowest BCUT2D eigenvalue weighted by molar-refractivity contribution is 0.102. The molecule has 0 fully saturated rings. The van der Waals surface area contributed by atoms with Gasteiger partial charge in [-0.25, -0.2) is 8.42 Å². The highest BCUT2D eigenvalue weighted by Gasteiger charge is 2.31. The van der Waals surface area contributed by atoms with Crippen molar-refractivity contribution in [1.29, 1.82) is 0 Å². The Hall–Kier alpha value is -2.25. The molecule has 1 aliphatic heterocycles. The molecule has 154 valence electrons. The van der Waals surface area contributed by atoms with Gasteiger partial charge in [0.15, 0.2) is 0 Å². The van der Waals surface area contributed by atoms with E-state index < -0.39 is 10.0 Å². The van der Waals surface area contributed by atoms with Crippen LogP contribution >= 0.6 is 34.8 Å². The quantitative estimate of drug-likeness (QED) is 0.523. The summed E-state index contributed by atoms with van der Waals surface area (Å²) in [5.41, 5.74) is 2.23. The molecule has 0 unspecified atom stereocenters. The molecule has 0 aliphatic carbocycles. The van der Waals surface area contributed by atoms with E-state index in [2.05, 4.69) is 5.32 Å². The lowest BCUT2D eigenvalue weighted by Crippen LogP contribution is -2.29. The van der Waals surface area contributed by atoms with Gasteiger partial charge in [-0.15, -0.1) is 0 Å². The largest absolute Gasteiger partial charge is 0.322 e. The summed E-state index contributed by atoms with van der Waals surface area (Å²) in [6, 6.07) is 15.8. The van der Waals surface area contributed by atoms with E-state index in [4.69, 9.17) is 34.8 Å². The molecular weight excluding hydrogens is 467 g/mol. The monoisotopic (exact) mass is 480 g/mol.